The van der Waals surface area contributed by atoms with Gasteiger partial charge >= 0.3 is 5.89 Å². The van der Waals surface area contributed by atoms with Gasteiger partial charge in [-0.2, -0.15) is 21.4 Å². The molecule has 1 aliphatic heterocycles. The third-order valence-corrected chi connectivity index (χ3v) is 9.17. The van der Waals surface area contributed by atoms with Crippen LogP contribution in [0, 0.1) is 0 Å². The number of anilines is 1. The smallest absolute Gasteiger partial charge is 0.374 e. The van der Waals surface area contributed by atoms with Crippen molar-refractivity contribution in [3.8, 4) is 16.9 Å². The minimum Gasteiger partial charge on any atom is -0.439 e. The van der Waals surface area contributed by atoms with Gasteiger partial charge in [-0.05, 0) is 61.2 Å². The molecule has 0 bridgehead atoms. The Hall–Kier alpha value is -3.68. The van der Waals surface area contributed by atoms with E-state index in [0.717, 1.165) is 11.1 Å². The molecule has 0 aliphatic carbocycles. The summed E-state index contributed by atoms with van der Waals surface area (Å²) in [4.78, 5) is 1.77. The normalized spacial score (nSPS) is 15.6. The van der Waals surface area contributed by atoms with Crippen molar-refractivity contribution in [2.24, 2.45) is 0 Å². The summed E-state index contributed by atoms with van der Waals surface area (Å²) in [5.74, 6) is 0.866. The Labute approximate surface area is 255 Å². The van der Waals surface area contributed by atoms with Gasteiger partial charge in [0, 0.05) is 23.7 Å². The number of ether oxygens (including phenoxy) is 1. The van der Waals surface area contributed by atoms with Crippen molar-refractivity contribution in [2.75, 3.05) is 17.2 Å². The van der Waals surface area contributed by atoms with Gasteiger partial charge in [-0.15, -0.1) is 0 Å². The average molecular weight is 646 g/mol. The molecule has 2 heterocycles. The summed E-state index contributed by atoms with van der Waals surface area (Å²) >= 11 is 6.21. The van der Waals surface area contributed by atoms with E-state index >= 15 is 0 Å². The Morgan fingerprint density at radius 1 is 1.02 bits per heavy atom. The molecule has 13 heteroatoms. The first kappa shape index (κ1) is 30.8. The van der Waals surface area contributed by atoms with E-state index in [4.69, 9.17) is 20.8 Å². The van der Waals surface area contributed by atoms with Crippen molar-refractivity contribution in [2.45, 2.75) is 32.1 Å². The first-order chi connectivity index (χ1) is 20.3. The molecule has 10 nitrogen and oxygen atoms in total. The van der Waals surface area contributed by atoms with E-state index in [-0.39, 0.29) is 19.5 Å². The number of hydrogen-bond donors (Lipinski definition) is 2. The number of allylic oxidation sites excluding steroid dienone is 2. The van der Waals surface area contributed by atoms with Crippen LogP contribution >= 0.6 is 11.6 Å². The summed E-state index contributed by atoms with van der Waals surface area (Å²) in [5.41, 5.74) is 4.38. The summed E-state index contributed by atoms with van der Waals surface area (Å²) in [7, 11) is -8.47. The van der Waals surface area contributed by atoms with E-state index in [1.54, 1.807) is 39.8 Å². The van der Waals surface area contributed by atoms with Gasteiger partial charge in [0.05, 0.1) is 17.5 Å². The molecule has 0 saturated carbocycles. The van der Waals surface area contributed by atoms with Crippen molar-refractivity contribution in [3.05, 3.63) is 95.2 Å². The zero-order valence-corrected chi connectivity index (χ0v) is 25.7. The molecule has 1 aliphatic rings. The fourth-order valence-corrected chi connectivity index (χ4v) is 5.80. The highest BCUT2D eigenvalue weighted by Gasteiger charge is 2.30. The molecule has 2 N–H and O–H groups in total. The van der Waals surface area contributed by atoms with E-state index in [0.29, 0.717) is 44.9 Å². The number of nitrogens with zero attached hydrogens (tertiary/aromatic N) is 2. The second-order valence-corrected chi connectivity index (χ2v) is 14.1. The van der Waals surface area contributed by atoms with Crippen LogP contribution in [-0.4, -0.2) is 43.5 Å². The van der Waals surface area contributed by atoms with E-state index in [1.165, 1.54) is 6.92 Å². The maximum atomic E-state index is 12.0. The van der Waals surface area contributed by atoms with Crippen molar-refractivity contribution in [1.82, 2.24) is 0 Å². The highest BCUT2D eigenvalue weighted by molar-refractivity contribution is 7.86. The number of aromatic nitrogens is 1. The number of rotatable bonds is 10. The summed E-state index contributed by atoms with van der Waals surface area (Å²) in [6, 6.07) is 20.5. The third kappa shape index (κ3) is 7.28. The topological polar surface area (TPSA) is 138 Å². The van der Waals surface area contributed by atoms with Gasteiger partial charge in [0.15, 0.2) is 12.3 Å². The van der Waals surface area contributed by atoms with Gasteiger partial charge in [-0.3, -0.25) is 9.11 Å². The fraction of sp³-hybridized carbons (Fsp3) is 0.233. The van der Waals surface area contributed by atoms with Gasteiger partial charge in [-0.25, -0.2) is 0 Å². The van der Waals surface area contributed by atoms with Crippen molar-refractivity contribution >= 4 is 54.7 Å². The second kappa shape index (κ2) is 12.1. The highest BCUT2D eigenvalue weighted by atomic mass is 35.5. The molecule has 43 heavy (non-hydrogen) atoms. The van der Waals surface area contributed by atoms with Crippen LogP contribution in [0.25, 0.3) is 28.3 Å². The molecule has 0 fully saturated rings. The van der Waals surface area contributed by atoms with Crippen LogP contribution in [0.5, 0.6) is 5.75 Å². The van der Waals surface area contributed by atoms with Crippen molar-refractivity contribution < 1.29 is 39.7 Å². The second-order valence-electron chi connectivity index (χ2n) is 10.3. The standard InChI is InChI=1S/C30H29ClN2O8S2/c1-20(15-29-32(13-6-14-42(34,35)36)26-18-24(31)10-12-28(26)40-29)16-30-33(19-21(2)43(37,38)39)25-17-23(9-11-27(25)41-30)22-7-4-3-5-8-22/h3-5,7-12,15-18,21H,6,13-14,19H2,1-2H3,(H-,34,35,36,37,38,39)/p+1. The van der Waals surface area contributed by atoms with Crippen molar-refractivity contribution in [1.29, 1.82) is 0 Å². The third-order valence-electron chi connectivity index (χ3n) is 6.96. The van der Waals surface area contributed by atoms with Gasteiger partial charge in [0.25, 0.3) is 25.8 Å². The molecule has 0 amide bonds. The van der Waals surface area contributed by atoms with Crippen LogP contribution in [0.4, 0.5) is 5.69 Å². The Morgan fingerprint density at radius 2 is 1.77 bits per heavy atom. The number of oxazole rings is 1. The highest BCUT2D eigenvalue weighted by Crippen LogP contribution is 2.41. The molecule has 3 aromatic carbocycles. The van der Waals surface area contributed by atoms with Crippen LogP contribution in [0.1, 0.15) is 26.2 Å². The van der Waals surface area contributed by atoms with Gasteiger partial charge in [0.2, 0.25) is 11.5 Å². The SMILES string of the molecule is CC(=C/c1oc2ccc(-c3ccccc3)cc2[n+]1CC(C)S(=O)(=O)O)/C=C1/Oc2ccc(Cl)cc2N1CCCS(=O)(=O)O. The molecular formula is C30H30ClN2O8S2+. The van der Waals surface area contributed by atoms with Gasteiger partial charge < -0.3 is 14.1 Å². The molecule has 1 unspecified atom stereocenters. The molecule has 4 aromatic rings. The predicted molar refractivity (Wildman–Crippen MR) is 165 cm³/mol. The van der Waals surface area contributed by atoms with Crippen molar-refractivity contribution in [3.63, 3.8) is 0 Å². The molecule has 226 valence electrons. The minimum atomic E-state index is -4.33. The van der Waals surface area contributed by atoms with Crippen LogP contribution in [-0.2, 0) is 26.8 Å². The number of fused-ring (bicyclic) bond motifs is 2. The summed E-state index contributed by atoms with van der Waals surface area (Å²) < 4.78 is 79.4. The van der Waals surface area contributed by atoms with Crippen LogP contribution in [0.3, 0.4) is 0 Å². The average Bonchev–Trinajstić information content (AvgIpc) is 3.44. The molecule has 0 spiro atoms. The minimum absolute atomic E-state index is 0.0675. The Kier molecular flexibility index (Phi) is 8.68. The van der Waals surface area contributed by atoms with E-state index in [2.05, 4.69) is 0 Å². The van der Waals surface area contributed by atoms with Gasteiger partial charge in [-0.1, -0.05) is 48.0 Å². The molecule has 1 atom stereocenters. The van der Waals surface area contributed by atoms with E-state index in [9.17, 15) is 25.9 Å². The first-order valence-electron chi connectivity index (χ1n) is 13.4. The van der Waals surface area contributed by atoms with E-state index < -0.39 is 31.2 Å². The lowest BCUT2D eigenvalue weighted by molar-refractivity contribution is -0.677. The largest absolute Gasteiger partial charge is 0.439 e. The summed E-state index contributed by atoms with van der Waals surface area (Å²) in [6.45, 7) is 3.39. The Balaban J connectivity index is 1.55. The lowest BCUT2D eigenvalue weighted by atomic mass is 10.1. The monoisotopic (exact) mass is 645 g/mol. The molecule has 0 saturated heterocycles. The Bertz CT molecular complexity index is 1950. The van der Waals surface area contributed by atoms with Gasteiger partial charge in [0.1, 0.15) is 5.25 Å². The number of halogens is 1. The number of hydrogen-bond acceptors (Lipinski definition) is 7. The predicted octanol–water partition coefficient (Wildman–Crippen LogP) is 5.74. The number of benzene rings is 3. The lowest BCUT2D eigenvalue weighted by Crippen LogP contribution is -2.42. The van der Waals surface area contributed by atoms with Crippen LogP contribution < -0.4 is 14.2 Å². The molecule has 0 radical (unpaired) electrons. The molecule has 1 aromatic heterocycles. The lowest BCUT2D eigenvalue weighted by Gasteiger charge is -2.18. The zero-order valence-electron chi connectivity index (χ0n) is 23.3. The first-order valence-corrected chi connectivity index (χ1v) is 16.9. The fourth-order valence-electron chi connectivity index (χ4n) is 4.81. The summed E-state index contributed by atoms with van der Waals surface area (Å²) in [5, 5.41) is -0.637. The zero-order chi connectivity index (χ0) is 30.9. The van der Waals surface area contributed by atoms with Crippen LogP contribution in [0.15, 0.2) is 88.7 Å². The summed E-state index contributed by atoms with van der Waals surface area (Å²) in [6.07, 6.45) is 3.59. The quantitative estimate of drug-likeness (QED) is 0.163. The van der Waals surface area contributed by atoms with E-state index in [1.807, 2.05) is 55.5 Å². The Morgan fingerprint density at radius 3 is 2.47 bits per heavy atom. The van der Waals surface area contributed by atoms with Crippen LogP contribution in [0.2, 0.25) is 5.02 Å². The maximum absolute atomic E-state index is 12.0. The molecule has 5 rings (SSSR count). The molecular weight excluding hydrogens is 616 g/mol. The maximum Gasteiger partial charge on any atom is 0.374 e.